The van der Waals surface area contributed by atoms with Crippen molar-refractivity contribution in [2.75, 3.05) is 6.54 Å². The second-order valence-corrected chi connectivity index (χ2v) is 7.38. The molecule has 0 bridgehead atoms. The van der Waals surface area contributed by atoms with Gasteiger partial charge in [0.2, 0.25) is 0 Å². The zero-order valence-electron chi connectivity index (χ0n) is 18.1. The van der Waals surface area contributed by atoms with Crippen molar-refractivity contribution in [3.8, 4) is 0 Å². The van der Waals surface area contributed by atoms with Crippen molar-refractivity contribution >= 4 is 24.0 Å². The van der Waals surface area contributed by atoms with Gasteiger partial charge in [-0.2, -0.15) is 0 Å². The molecule has 0 saturated carbocycles. The van der Waals surface area contributed by atoms with Gasteiger partial charge in [-0.15, -0.1) is 24.0 Å². The first-order valence-electron chi connectivity index (χ1n) is 11.2. The van der Waals surface area contributed by atoms with Crippen molar-refractivity contribution in [3.05, 3.63) is 48.0 Å². The van der Waals surface area contributed by atoms with Crippen molar-refractivity contribution in [1.29, 1.82) is 0 Å². The zero-order valence-corrected chi connectivity index (χ0v) is 20.5. The molecule has 0 radical (unpaired) electrons. The minimum atomic E-state index is 0. The summed E-state index contributed by atoms with van der Waals surface area (Å²) in [6.45, 7) is 5.22. The van der Waals surface area contributed by atoms with Gasteiger partial charge < -0.3 is 5.73 Å². The Hall–Kier alpha value is -0.350. The lowest BCUT2D eigenvalue weighted by atomic mass is 10.1. The molecule has 0 atom stereocenters. The lowest BCUT2D eigenvalue weighted by Crippen LogP contribution is -1.97. The summed E-state index contributed by atoms with van der Waals surface area (Å²) < 4.78 is 0. The Morgan fingerprint density at radius 3 is 1.52 bits per heavy atom. The maximum Gasteiger partial charge on any atom is -0.00773 e. The van der Waals surface area contributed by atoms with Gasteiger partial charge in [-0.05, 0) is 45.6 Å². The van der Waals surface area contributed by atoms with Crippen molar-refractivity contribution in [2.45, 2.75) is 104 Å². The quantitative estimate of drug-likeness (QED) is 0.150. The van der Waals surface area contributed by atoms with E-state index in [0.29, 0.717) is 0 Å². The Balaban J connectivity index is 0. The third kappa shape index (κ3) is 25.7. The molecule has 0 fully saturated rings. The van der Waals surface area contributed by atoms with Crippen LogP contribution < -0.4 is 5.73 Å². The minimum Gasteiger partial charge on any atom is -0.330 e. The van der Waals surface area contributed by atoms with Gasteiger partial charge >= 0.3 is 0 Å². The summed E-state index contributed by atoms with van der Waals surface area (Å²) in [6, 6.07) is 10.3. The Labute approximate surface area is 187 Å². The summed E-state index contributed by atoms with van der Waals surface area (Å²) in [5, 5.41) is 0. The topological polar surface area (TPSA) is 26.0 Å². The van der Waals surface area contributed by atoms with E-state index in [1.807, 2.05) is 18.2 Å². The summed E-state index contributed by atoms with van der Waals surface area (Å²) >= 11 is 0. The lowest BCUT2D eigenvalue weighted by molar-refractivity contribution is 0.599. The van der Waals surface area contributed by atoms with Crippen molar-refractivity contribution in [2.24, 2.45) is 5.73 Å². The van der Waals surface area contributed by atoms with Crippen LogP contribution in [0.2, 0.25) is 0 Å². The van der Waals surface area contributed by atoms with E-state index >= 15 is 0 Å². The van der Waals surface area contributed by atoms with Crippen LogP contribution in [0.3, 0.4) is 0 Å². The second kappa shape index (κ2) is 25.6. The highest BCUT2D eigenvalue weighted by molar-refractivity contribution is 14.0. The Morgan fingerprint density at radius 1 is 0.667 bits per heavy atom. The van der Waals surface area contributed by atoms with Gasteiger partial charge in [0.25, 0.3) is 0 Å². The van der Waals surface area contributed by atoms with Gasteiger partial charge in [0.15, 0.2) is 0 Å². The summed E-state index contributed by atoms with van der Waals surface area (Å²) in [6.07, 6.45) is 23.9. The fourth-order valence-electron chi connectivity index (χ4n) is 2.93. The van der Waals surface area contributed by atoms with Crippen molar-refractivity contribution in [3.63, 3.8) is 0 Å². The van der Waals surface area contributed by atoms with Gasteiger partial charge in [-0.25, -0.2) is 0 Å². The highest BCUT2D eigenvalue weighted by Crippen LogP contribution is 2.09. The van der Waals surface area contributed by atoms with Crippen LogP contribution in [0.25, 0.3) is 0 Å². The first-order valence-corrected chi connectivity index (χ1v) is 11.2. The SMILES string of the molecule is CCCCCCCC/C=C\CCCCCCCCN.Cc1ccccc1.I. The van der Waals surface area contributed by atoms with Gasteiger partial charge in [0.1, 0.15) is 0 Å². The number of halogens is 1. The Morgan fingerprint density at radius 2 is 1.11 bits per heavy atom. The van der Waals surface area contributed by atoms with E-state index in [-0.39, 0.29) is 24.0 Å². The summed E-state index contributed by atoms with van der Waals surface area (Å²) in [7, 11) is 0. The second-order valence-electron chi connectivity index (χ2n) is 7.38. The van der Waals surface area contributed by atoms with E-state index in [1.165, 1.54) is 95.5 Å². The predicted octanol–water partition coefficient (Wildman–Crippen LogP) is 8.60. The average molecular weight is 488 g/mol. The van der Waals surface area contributed by atoms with Crippen LogP contribution >= 0.6 is 24.0 Å². The van der Waals surface area contributed by atoms with E-state index in [1.54, 1.807) is 0 Å². The molecule has 1 aromatic rings. The molecular formula is C25H46IN. The number of benzene rings is 1. The molecule has 2 heteroatoms. The van der Waals surface area contributed by atoms with Crippen LogP contribution in [0.4, 0.5) is 0 Å². The number of rotatable bonds is 15. The maximum absolute atomic E-state index is 5.47. The van der Waals surface area contributed by atoms with Crippen LogP contribution in [0.5, 0.6) is 0 Å². The average Bonchev–Trinajstić information content (AvgIpc) is 2.66. The molecule has 0 aliphatic heterocycles. The third-order valence-electron chi connectivity index (χ3n) is 4.66. The van der Waals surface area contributed by atoms with E-state index in [4.69, 9.17) is 5.73 Å². The van der Waals surface area contributed by atoms with Crippen molar-refractivity contribution in [1.82, 2.24) is 0 Å². The molecule has 0 unspecified atom stereocenters. The number of hydrogen-bond donors (Lipinski definition) is 1. The van der Waals surface area contributed by atoms with Crippen LogP contribution in [0.15, 0.2) is 42.5 Å². The largest absolute Gasteiger partial charge is 0.330 e. The fraction of sp³-hybridized carbons (Fsp3) is 0.680. The number of hydrogen-bond acceptors (Lipinski definition) is 1. The molecule has 0 heterocycles. The number of aryl methyl sites for hydroxylation is 1. The molecule has 0 saturated heterocycles. The van der Waals surface area contributed by atoms with E-state index in [0.717, 1.165) is 6.54 Å². The smallest absolute Gasteiger partial charge is 0.00773 e. The number of unbranched alkanes of at least 4 members (excludes halogenated alkanes) is 12. The molecule has 0 aromatic heterocycles. The number of allylic oxidation sites excluding steroid dienone is 2. The monoisotopic (exact) mass is 487 g/mol. The van der Waals surface area contributed by atoms with Crippen LogP contribution in [0, 0.1) is 6.92 Å². The lowest BCUT2D eigenvalue weighted by Gasteiger charge is -1.99. The molecule has 1 nitrogen and oxygen atoms in total. The molecule has 1 rings (SSSR count). The molecule has 27 heavy (non-hydrogen) atoms. The van der Waals surface area contributed by atoms with Gasteiger partial charge in [-0.1, -0.05) is 113 Å². The molecule has 1 aromatic carbocycles. The highest BCUT2D eigenvalue weighted by Gasteiger charge is 1.90. The molecule has 2 N–H and O–H groups in total. The van der Waals surface area contributed by atoms with Crippen LogP contribution in [-0.2, 0) is 0 Å². The summed E-state index contributed by atoms with van der Waals surface area (Å²) in [4.78, 5) is 0. The van der Waals surface area contributed by atoms with E-state index < -0.39 is 0 Å². The molecule has 0 spiro atoms. The third-order valence-corrected chi connectivity index (χ3v) is 4.66. The van der Waals surface area contributed by atoms with Crippen LogP contribution in [0.1, 0.15) is 102 Å². The molecule has 0 amide bonds. The van der Waals surface area contributed by atoms with Crippen molar-refractivity contribution < 1.29 is 0 Å². The first kappa shape index (κ1) is 28.9. The number of nitrogens with two attached hydrogens (primary N) is 1. The van der Waals surface area contributed by atoms with E-state index in [9.17, 15) is 0 Å². The molecule has 0 aliphatic rings. The van der Waals surface area contributed by atoms with Gasteiger partial charge in [-0.3, -0.25) is 0 Å². The zero-order chi connectivity index (χ0) is 19.1. The Kier molecular flexibility index (Phi) is 27.4. The van der Waals surface area contributed by atoms with Gasteiger partial charge in [0.05, 0.1) is 0 Å². The molecular weight excluding hydrogens is 441 g/mol. The summed E-state index contributed by atoms with van der Waals surface area (Å²) in [5.74, 6) is 0. The summed E-state index contributed by atoms with van der Waals surface area (Å²) in [5.41, 5.74) is 6.80. The maximum atomic E-state index is 5.47. The predicted molar refractivity (Wildman–Crippen MR) is 135 cm³/mol. The normalized spacial score (nSPS) is 10.3. The first-order chi connectivity index (χ1) is 12.8. The molecule has 0 aliphatic carbocycles. The van der Waals surface area contributed by atoms with E-state index in [2.05, 4.69) is 38.1 Å². The van der Waals surface area contributed by atoms with Gasteiger partial charge in [0, 0.05) is 0 Å². The van der Waals surface area contributed by atoms with Crippen LogP contribution in [-0.4, -0.2) is 6.54 Å². The minimum absolute atomic E-state index is 0. The highest BCUT2D eigenvalue weighted by atomic mass is 127. The Bertz CT molecular complexity index is 389. The standard InChI is InChI=1S/C18H37N.C7H8.HI/c1-2-3-4-5-6-7-8-9-10-11-12-13-14-15-16-17-18-19;1-7-5-3-2-4-6-7;/h9-10H,2-8,11-19H2,1H3;2-6H,1H3;1H/b10-9-;;. The fourth-order valence-corrected chi connectivity index (χ4v) is 2.93. The molecule has 158 valence electrons.